The highest BCUT2D eigenvalue weighted by Gasteiger charge is 2.07. The Morgan fingerprint density at radius 1 is 0.839 bits per heavy atom. The lowest BCUT2D eigenvalue weighted by molar-refractivity contribution is 0.417. The highest BCUT2D eigenvalue weighted by molar-refractivity contribution is 5.78. The Balaban J connectivity index is 1.56. The molecule has 3 aromatic heterocycles. The van der Waals surface area contributed by atoms with Crippen LogP contribution in [0.1, 0.15) is 11.4 Å². The number of aromatic amines is 2. The van der Waals surface area contributed by atoms with Gasteiger partial charge in [-0.3, -0.25) is 5.43 Å². The quantitative estimate of drug-likeness (QED) is 0.209. The maximum Gasteiger partial charge on any atom is 0.247 e. The molecule has 0 atom stereocenters. The Bertz CT molecular complexity index is 1090. The first kappa shape index (κ1) is 19.7. The van der Waals surface area contributed by atoms with Crippen molar-refractivity contribution < 1.29 is 4.74 Å². The number of anilines is 4. The smallest absolute Gasteiger partial charge is 0.247 e. The third kappa shape index (κ3) is 5.48. The molecule has 156 valence electrons. The van der Waals surface area contributed by atoms with Crippen LogP contribution in [0.25, 0.3) is 0 Å². The minimum absolute atomic E-state index is 0.292. The second kappa shape index (κ2) is 9.74. The Kier molecular flexibility index (Phi) is 6.19. The van der Waals surface area contributed by atoms with Gasteiger partial charge in [0.05, 0.1) is 36.6 Å². The van der Waals surface area contributed by atoms with E-state index in [1.807, 2.05) is 60.9 Å². The van der Waals surface area contributed by atoms with E-state index < -0.39 is 0 Å². The third-order valence-electron chi connectivity index (χ3n) is 4.09. The SMILES string of the molecule is COc1ccccc1Nc1cc(NN=Cc2ccc[nH]2)nc(NN=Cc2ccc[nH]2)n1. The minimum Gasteiger partial charge on any atom is -0.495 e. The normalized spacial score (nSPS) is 11.1. The standard InChI is InChI=1S/C21H21N9O/c1-31-18-9-3-2-8-17(18)26-19-12-20(29-24-13-15-6-4-10-22-15)28-21(27-19)30-25-14-16-7-5-11-23-16/h2-14,22-23H,1H3,(H3,26,27,28,29,30). The lowest BCUT2D eigenvalue weighted by Crippen LogP contribution is -2.04. The Morgan fingerprint density at radius 2 is 1.52 bits per heavy atom. The minimum atomic E-state index is 0.292. The zero-order valence-electron chi connectivity index (χ0n) is 16.7. The van der Waals surface area contributed by atoms with Crippen molar-refractivity contribution in [1.82, 2.24) is 19.9 Å². The first-order valence-electron chi connectivity index (χ1n) is 9.44. The molecule has 3 heterocycles. The van der Waals surface area contributed by atoms with Crippen LogP contribution >= 0.6 is 0 Å². The van der Waals surface area contributed by atoms with Crippen molar-refractivity contribution in [2.24, 2.45) is 10.2 Å². The number of nitrogens with one attached hydrogen (secondary N) is 5. The summed E-state index contributed by atoms with van der Waals surface area (Å²) in [6, 6.07) is 16.9. The summed E-state index contributed by atoms with van der Waals surface area (Å²) in [5.74, 6) is 2.00. The molecule has 4 aromatic rings. The summed E-state index contributed by atoms with van der Waals surface area (Å²) >= 11 is 0. The summed E-state index contributed by atoms with van der Waals surface area (Å²) in [5, 5.41) is 11.6. The summed E-state index contributed by atoms with van der Waals surface area (Å²) in [6.45, 7) is 0. The molecule has 10 heteroatoms. The van der Waals surface area contributed by atoms with Gasteiger partial charge < -0.3 is 20.0 Å². The summed E-state index contributed by atoms with van der Waals surface area (Å²) in [5.41, 5.74) is 8.24. The molecular formula is C21H21N9O. The molecule has 0 unspecified atom stereocenters. The maximum absolute atomic E-state index is 5.40. The van der Waals surface area contributed by atoms with Crippen LogP contribution < -0.4 is 20.9 Å². The molecule has 0 fully saturated rings. The molecule has 31 heavy (non-hydrogen) atoms. The molecule has 5 N–H and O–H groups in total. The number of hydrogen-bond acceptors (Lipinski definition) is 8. The fourth-order valence-corrected chi connectivity index (χ4v) is 2.68. The van der Waals surface area contributed by atoms with E-state index in [9.17, 15) is 0 Å². The summed E-state index contributed by atoms with van der Waals surface area (Å²) in [6.07, 6.45) is 6.94. The predicted octanol–water partition coefficient (Wildman–Crippen LogP) is 3.78. The molecule has 0 aliphatic carbocycles. The van der Waals surface area contributed by atoms with Crippen LogP contribution in [0.15, 0.2) is 77.2 Å². The van der Waals surface area contributed by atoms with Crippen LogP contribution in [0.5, 0.6) is 5.75 Å². The number of benzene rings is 1. The van der Waals surface area contributed by atoms with E-state index in [0.717, 1.165) is 17.1 Å². The van der Waals surface area contributed by atoms with E-state index in [-0.39, 0.29) is 0 Å². The van der Waals surface area contributed by atoms with Crippen LogP contribution in [0.3, 0.4) is 0 Å². The van der Waals surface area contributed by atoms with Crippen LogP contribution in [0.4, 0.5) is 23.3 Å². The van der Waals surface area contributed by atoms with Crippen molar-refractivity contribution in [3.63, 3.8) is 0 Å². The molecule has 0 saturated carbocycles. The average Bonchev–Trinajstić information content (AvgIpc) is 3.49. The summed E-state index contributed by atoms with van der Waals surface area (Å²) in [7, 11) is 1.62. The van der Waals surface area contributed by atoms with Gasteiger partial charge in [-0.25, -0.2) is 5.43 Å². The van der Waals surface area contributed by atoms with Gasteiger partial charge in [0.2, 0.25) is 5.95 Å². The Morgan fingerprint density at radius 3 is 2.19 bits per heavy atom. The first-order chi connectivity index (χ1) is 15.3. The molecule has 4 rings (SSSR count). The number of H-pyrrole nitrogens is 2. The predicted molar refractivity (Wildman–Crippen MR) is 122 cm³/mol. The highest BCUT2D eigenvalue weighted by atomic mass is 16.5. The molecule has 10 nitrogen and oxygen atoms in total. The molecule has 0 amide bonds. The van der Waals surface area contributed by atoms with Crippen molar-refractivity contribution in [1.29, 1.82) is 0 Å². The number of ether oxygens (including phenoxy) is 1. The fraction of sp³-hybridized carbons (Fsp3) is 0.0476. The van der Waals surface area contributed by atoms with Gasteiger partial charge >= 0.3 is 0 Å². The van der Waals surface area contributed by atoms with Crippen molar-refractivity contribution in [3.8, 4) is 5.75 Å². The van der Waals surface area contributed by atoms with Crippen LogP contribution in [-0.4, -0.2) is 39.5 Å². The third-order valence-corrected chi connectivity index (χ3v) is 4.09. The second-order valence-corrected chi connectivity index (χ2v) is 6.28. The van der Waals surface area contributed by atoms with Gasteiger partial charge in [-0.1, -0.05) is 12.1 Å². The van der Waals surface area contributed by atoms with Gasteiger partial charge in [0.1, 0.15) is 11.6 Å². The zero-order valence-corrected chi connectivity index (χ0v) is 16.7. The number of hydrazone groups is 2. The summed E-state index contributed by atoms with van der Waals surface area (Å²) < 4.78 is 5.40. The lowest BCUT2D eigenvalue weighted by Gasteiger charge is -2.12. The average molecular weight is 415 g/mol. The molecule has 0 spiro atoms. The molecule has 0 aliphatic rings. The topological polar surface area (TPSA) is 127 Å². The molecule has 0 saturated heterocycles. The number of rotatable bonds is 9. The fourth-order valence-electron chi connectivity index (χ4n) is 2.68. The zero-order chi connectivity index (χ0) is 21.3. The van der Waals surface area contributed by atoms with E-state index in [2.05, 4.69) is 46.3 Å². The van der Waals surface area contributed by atoms with E-state index >= 15 is 0 Å². The number of methoxy groups -OCH3 is 1. The summed E-state index contributed by atoms with van der Waals surface area (Å²) in [4.78, 5) is 15.0. The van der Waals surface area contributed by atoms with Gasteiger partial charge in [-0.15, -0.1) is 0 Å². The van der Waals surface area contributed by atoms with Gasteiger partial charge in [-0.2, -0.15) is 20.2 Å². The molecule has 0 bridgehead atoms. The van der Waals surface area contributed by atoms with Crippen molar-refractivity contribution >= 4 is 35.7 Å². The van der Waals surface area contributed by atoms with Crippen molar-refractivity contribution in [2.75, 3.05) is 23.3 Å². The number of nitrogens with zero attached hydrogens (tertiary/aromatic N) is 4. The molecular weight excluding hydrogens is 394 g/mol. The van der Waals surface area contributed by atoms with Crippen LogP contribution in [-0.2, 0) is 0 Å². The van der Waals surface area contributed by atoms with E-state index in [1.54, 1.807) is 25.6 Å². The monoisotopic (exact) mass is 415 g/mol. The lowest BCUT2D eigenvalue weighted by atomic mass is 10.3. The Labute approximate surface area is 178 Å². The Hall–Kier alpha value is -4.60. The van der Waals surface area contributed by atoms with E-state index in [1.165, 1.54) is 0 Å². The van der Waals surface area contributed by atoms with E-state index in [4.69, 9.17) is 4.74 Å². The first-order valence-corrected chi connectivity index (χ1v) is 9.44. The van der Waals surface area contributed by atoms with Gasteiger partial charge in [0, 0.05) is 18.5 Å². The largest absolute Gasteiger partial charge is 0.495 e. The number of hydrogen-bond donors (Lipinski definition) is 5. The van der Waals surface area contributed by atoms with Gasteiger partial charge in [0.25, 0.3) is 0 Å². The van der Waals surface area contributed by atoms with E-state index in [0.29, 0.717) is 23.3 Å². The number of para-hydroxylation sites is 2. The maximum atomic E-state index is 5.40. The molecule has 0 aliphatic heterocycles. The highest BCUT2D eigenvalue weighted by Crippen LogP contribution is 2.27. The second-order valence-electron chi connectivity index (χ2n) is 6.28. The van der Waals surface area contributed by atoms with Gasteiger partial charge in [-0.05, 0) is 36.4 Å². The van der Waals surface area contributed by atoms with Gasteiger partial charge in [0.15, 0.2) is 5.82 Å². The van der Waals surface area contributed by atoms with Crippen LogP contribution in [0, 0.1) is 0 Å². The van der Waals surface area contributed by atoms with Crippen LogP contribution in [0.2, 0.25) is 0 Å². The van der Waals surface area contributed by atoms with Crippen molar-refractivity contribution in [3.05, 3.63) is 78.4 Å². The number of aromatic nitrogens is 4. The van der Waals surface area contributed by atoms with Crippen molar-refractivity contribution in [2.45, 2.75) is 0 Å². The molecule has 1 aromatic carbocycles. The molecule has 0 radical (unpaired) electrons.